The second kappa shape index (κ2) is 8.29. The van der Waals surface area contributed by atoms with E-state index in [1.54, 1.807) is 11.8 Å². The maximum Gasteiger partial charge on any atom is 0.330 e. The Morgan fingerprint density at radius 2 is 1.85 bits per heavy atom. The van der Waals surface area contributed by atoms with Gasteiger partial charge in [-0.1, -0.05) is 26.0 Å². The van der Waals surface area contributed by atoms with Gasteiger partial charge in [-0.15, -0.1) is 0 Å². The predicted molar refractivity (Wildman–Crippen MR) is 93.8 cm³/mol. The number of hydrogen-bond acceptors (Lipinski definition) is 3. The van der Waals surface area contributed by atoms with Crippen molar-refractivity contribution >= 4 is 17.8 Å². The van der Waals surface area contributed by atoms with Crippen molar-refractivity contribution in [1.82, 2.24) is 10.2 Å². The quantitative estimate of drug-likeness (QED) is 0.839. The zero-order valence-electron chi connectivity index (χ0n) is 15.3. The number of carboxylic acids is 1. The van der Waals surface area contributed by atoms with E-state index in [0.29, 0.717) is 37.1 Å². The zero-order chi connectivity index (χ0) is 19.4. The summed E-state index contributed by atoms with van der Waals surface area (Å²) >= 11 is 0. The summed E-state index contributed by atoms with van der Waals surface area (Å²) in [6, 6.07) is 2.77. The molecular weight excluding hydrogens is 339 g/mol. The van der Waals surface area contributed by atoms with E-state index in [9.17, 15) is 23.9 Å². The summed E-state index contributed by atoms with van der Waals surface area (Å²) in [5.41, 5.74) is 0.653. The lowest BCUT2D eigenvalue weighted by Gasteiger charge is -2.33. The Bertz CT molecular complexity index is 697. The van der Waals surface area contributed by atoms with Gasteiger partial charge in [0.2, 0.25) is 11.8 Å². The molecule has 1 aromatic carbocycles. The Morgan fingerprint density at radius 3 is 2.35 bits per heavy atom. The minimum atomic E-state index is -1.22. The van der Waals surface area contributed by atoms with E-state index in [4.69, 9.17) is 0 Å². The Morgan fingerprint density at radius 1 is 1.23 bits per heavy atom. The number of carbonyl (C=O) groups excluding carboxylic acids is 2. The predicted octanol–water partition coefficient (Wildman–Crippen LogP) is 2.27. The number of nitrogens with zero attached hydrogens (tertiary/aromatic N) is 1. The fourth-order valence-electron chi connectivity index (χ4n) is 3.12. The van der Waals surface area contributed by atoms with E-state index in [1.165, 1.54) is 18.2 Å². The van der Waals surface area contributed by atoms with Crippen LogP contribution in [0.15, 0.2) is 18.2 Å². The molecule has 1 aliphatic rings. The molecule has 1 aliphatic heterocycles. The number of piperidine rings is 1. The van der Waals surface area contributed by atoms with Gasteiger partial charge in [0.15, 0.2) is 6.04 Å². The van der Waals surface area contributed by atoms with Gasteiger partial charge in [-0.3, -0.25) is 9.59 Å². The Kier molecular flexibility index (Phi) is 6.34. The summed E-state index contributed by atoms with van der Waals surface area (Å²) in [7, 11) is 0. The topological polar surface area (TPSA) is 86.7 Å². The average Bonchev–Trinajstić information content (AvgIpc) is 2.61. The molecule has 2 rings (SSSR count). The molecule has 0 saturated carbocycles. The molecule has 1 atom stereocenters. The number of rotatable bonds is 5. The lowest BCUT2D eigenvalue weighted by atomic mass is 9.94. The summed E-state index contributed by atoms with van der Waals surface area (Å²) in [6.45, 7) is 6.19. The van der Waals surface area contributed by atoms with Crippen LogP contribution in [0.25, 0.3) is 0 Å². The van der Waals surface area contributed by atoms with E-state index in [1.807, 2.05) is 13.8 Å². The number of hydrogen-bond donors (Lipinski definition) is 2. The number of likely N-dealkylation sites (tertiary alicyclic amines) is 1. The zero-order valence-corrected chi connectivity index (χ0v) is 15.3. The van der Waals surface area contributed by atoms with Crippen LogP contribution in [0, 0.1) is 24.6 Å². The van der Waals surface area contributed by atoms with Gasteiger partial charge in [-0.2, -0.15) is 0 Å². The molecule has 1 heterocycles. The first-order valence-electron chi connectivity index (χ1n) is 8.78. The summed E-state index contributed by atoms with van der Waals surface area (Å²) in [4.78, 5) is 37.8. The summed E-state index contributed by atoms with van der Waals surface area (Å²) in [6.07, 6.45) is 0.998. The van der Waals surface area contributed by atoms with Crippen molar-refractivity contribution in [3.8, 4) is 0 Å². The van der Waals surface area contributed by atoms with Gasteiger partial charge in [0, 0.05) is 24.9 Å². The molecule has 0 radical (unpaired) electrons. The first-order chi connectivity index (χ1) is 12.2. The van der Waals surface area contributed by atoms with Crippen LogP contribution in [-0.2, 0) is 14.4 Å². The Balaban J connectivity index is 2.01. The van der Waals surface area contributed by atoms with Gasteiger partial charge in [0.05, 0.1) is 0 Å². The third-order valence-electron chi connectivity index (χ3n) is 4.72. The van der Waals surface area contributed by atoms with Crippen molar-refractivity contribution < 1.29 is 23.9 Å². The molecule has 2 amide bonds. The lowest BCUT2D eigenvalue weighted by molar-refractivity contribution is -0.143. The largest absolute Gasteiger partial charge is 0.479 e. The third-order valence-corrected chi connectivity index (χ3v) is 4.72. The molecule has 0 aromatic heterocycles. The molecule has 1 saturated heterocycles. The highest BCUT2D eigenvalue weighted by molar-refractivity contribution is 5.86. The van der Waals surface area contributed by atoms with E-state index in [0.717, 1.165) is 0 Å². The highest BCUT2D eigenvalue weighted by atomic mass is 19.1. The van der Waals surface area contributed by atoms with Gasteiger partial charge >= 0.3 is 5.97 Å². The van der Waals surface area contributed by atoms with Crippen molar-refractivity contribution in [2.45, 2.75) is 39.7 Å². The van der Waals surface area contributed by atoms with Crippen LogP contribution in [0.5, 0.6) is 0 Å². The van der Waals surface area contributed by atoms with Crippen LogP contribution < -0.4 is 5.32 Å². The van der Waals surface area contributed by atoms with E-state index < -0.39 is 17.8 Å². The van der Waals surface area contributed by atoms with Crippen LogP contribution in [-0.4, -0.2) is 40.9 Å². The molecular formula is C19H25FN2O4. The summed E-state index contributed by atoms with van der Waals surface area (Å²) < 4.78 is 13.4. The molecule has 26 heavy (non-hydrogen) atoms. The van der Waals surface area contributed by atoms with Crippen molar-refractivity contribution in [3.63, 3.8) is 0 Å². The van der Waals surface area contributed by atoms with Crippen molar-refractivity contribution in [1.29, 1.82) is 0 Å². The van der Waals surface area contributed by atoms with Crippen LogP contribution >= 0.6 is 0 Å². The second-order valence-corrected chi connectivity index (χ2v) is 7.04. The van der Waals surface area contributed by atoms with E-state index in [2.05, 4.69) is 5.32 Å². The summed E-state index contributed by atoms with van der Waals surface area (Å²) in [5, 5.41) is 12.0. The van der Waals surface area contributed by atoms with Gasteiger partial charge in [-0.05, 0) is 37.0 Å². The number of benzene rings is 1. The van der Waals surface area contributed by atoms with Crippen molar-refractivity contribution in [2.24, 2.45) is 11.8 Å². The molecule has 0 bridgehead atoms. The molecule has 7 heteroatoms. The molecule has 0 spiro atoms. The number of halogens is 1. The number of aliphatic carboxylic acids is 1. The SMILES string of the molecule is Cc1cc(C(NC(=O)C2CCN(C(=O)C(C)C)CC2)C(=O)O)ccc1F. The van der Waals surface area contributed by atoms with Crippen LogP contribution in [0.1, 0.15) is 43.9 Å². The maximum absolute atomic E-state index is 13.4. The average molecular weight is 364 g/mol. The van der Waals surface area contributed by atoms with E-state index >= 15 is 0 Å². The molecule has 6 nitrogen and oxygen atoms in total. The second-order valence-electron chi connectivity index (χ2n) is 7.04. The van der Waals surface area contributed by atoms with Gasteiger partial charge < -0.3 is 15.3 Å². The fourth-order valence-corrected chi connectivity index (χ4v) is 3.12. The molecule has 1 fully saturated rings. The minimum absolute atomic E-state index is 0.0639. The van der Waals surface area contributed by atoms with Crippen molar-refractivity contribution in [3.05, 3.63) is 35.1 Å². The number of amides is 2. The molecule has 0 aliphatic carbocycles. The highest BCUT2D eigenvalue weighted by Crippen LogP contribution is 2.22. The lowest BCUT2D eigenvalue weighted by Crippen LogP contribution is -2.45. The first-order valence-corrected chi connectivity index (χ1v) is 8.78. The number of aryl methyl sites for hydroxylation is 1. The summed E-state index contributed by atoms with van der Waals surface area (Å²) in [5.74, 6) is -2.33. The number of carbonyl (C=O) groups is 3. The smallest absolute Gasteiger partial charge is 0.330 e. The monoisotopic (exact) mass is 364 g/mol. The van der Waals surface area contributed by atoms with Gasteiger partial charge in [-0.25, -0.2) is 9.18 Å². The molecule has 1 unspecified atom stereocenters. The van der Waals surface area contributed by atoms with Crippen LogP contribution in [0.3, 0.4) is 0 Å². The minimum Gasteiger partial charge on any atom is -0.479 e. The van der Waals surface area contributed by atoms with Crippen LogP contribution in [0.2, 0.25) is 0 Å². The third kappa shape index (κ3) is 4.59. The molecule has 2 N–H and O–H groups in total. The standard InChI is InChI=1S/C19H25FN2O4/c1-11(2)18(24)22-8-6-13(7-9-22)17(23)21-16(19(25)26)14-4-5-15(20)12(3)10-14/h4-5,10-11,13,16H,6-9H2,1-3H3,(H,21,23)(H,25,26). The van der Waals surface area contributed by atoms with Crippen LogP contribution in [0.4, 0.5) is 4.39 Å². The Labute approximate surface area is 152 Å². The van der Waals surface area contributed by atoms with E-state index in [-0.39, 0.29) is 23.7 Å². The maximum atomic E-state index is 13.4. The molecule has 1 aromatic rings. The number of carboxylic acid groups (broad SMARTS) is 1. The van der Waals surface area contributed by atoms with Gasteiger partial charge in [0.25, 0.3) is 0 Å². The fraction of sp³-hybridized carbons (Fsp3) is 0.526. The van der Waals surface area contributed by atoms with Crippen molar-refractivity contribution in [2.75, 3.05) is 13.1 Å². The highest BCUT2D eigenvalue weighted by Gasteiger charge is 2.31. The number of nitrogens with one attached hydrogen (secondary N) is 1. The Hall–Kier alpha value is -2.44. The van der Waals surface area contributed by atoms with Gasteiger partial charge in [0.1, 0.15) is 5.82 Å². The first kappa shape index (κ1) is 19.9. The normalized spacial score (nSPS) is 16.4. The molecule has 142 valence electrons.